The Morgan fingerprint density at radius 1 is 0.482 bits per heavy atom. The summed E-state index contributed by atoms with van der Waals surface area (Å²) in [5.41, 5.74) is 9.27. The lowest BCUT2D eigenvalue weighted by Crippen LogP contribution is -2.60. The standard InChI is InChI=1S/C56H66N12O15/c1-4-28(2)49(50(57)77)68-56(83)41(20-31-25-59-37-15-9-6-12-34(31)37)63-45(70)27-61-51(78)43(22-47(73)74)66-54(81)42(21-32-26-60-38-16-10-7-13-35(32)38)65-55(82)44(23-48(75)76)67-52(79)39(17-18-46(71)72)64-53(80)40(62-29(3)69)19-30-24-58-36-14-8-5-11-33(30)36/h5-16,24-26,28,39-44,49,58-60H,4,17-23,27H2,1-3H3,(H2,57,77)(H,61,78)(H,62,69)(H,63,70)(H,64,80)(H,65,82)(H,66,81)(H,67,79)(H,68,83)(H,71,72)(H,73,74)(H,75,76)/t28-,39-,40-,41-,42-,43-,44-,49-/m0/s1. The van der Waals surface area contributed by atoms with Crippen LogP contribution >= 0.6 is 0 Å². The topological polar surface area (TPSA) is 435 Å². The molecule has 27 heteroatoms. The van der Waals surface area contributed by atoms with Gasteiger partial charge in [0.25, 0.3) is 0 Å². The van der Waals surface area contributed by atoms with Crippen molar-refractivity contribution in [1.29, 1.82) is 0 Å². The Morgan fingerprint density at radius 3 is 1.28 bits per heavy atom. The minimum atomic E-state index is -2.03. The van der Waals surface area contributed by atoms with E-state index in [1.165, 1.54) is 6.20 Å². The van der Waals surface area contributed by atoms with E-state index in [1.807, 2.05) is 0 Å². The Balaban J connectivity index is 1.20. The van der Waals surface area contributed by atoms with Gasteiger partial charge in [-0.25, -0.2) is 0 Å². The number of carboxylic acids is 3. The van der Waals surface area contributed by atoms with Crippen LogP contribution in [0.2, 0.25) is 0 Å². The van der Waals surface area contributed by atoms with Gasteiger partial charge in [-0.15, -0.1) is 0 Å². The third-order valence-electron chi connectivity index (χ3n) is 13.8. The molecule has 6 rings (SSSR count). The number of nitrogens with one attached hydrogen (secondary N) is 11. The second kappa shape index (κ2) is 28.9. The maximum absolute atomic E-state index is 14.4. The van der Waals surface area contributed by atoms with Gasteiger partial charge in [-0.2, -0.15) is 0 Å². The quantitative estimate of drug-likeness (QED) is 0.0273. The smallest absolute Gasteiger partial charge is 0.305 e. The molecule has 3 heterocycles. The number of fused-ring (bicyclic) bond motifs is 3. The lowest BCUT2D eigenvalue weighted by molar-refractivity contribution is -0.141. The van der Waals surface area contributed by atoms with Crippen LogP contribution in [0, 0.1) is 5.92 Å². The maximum Gasteiger partial charge on any atom is 0.305 e. The SMILES string of the molecule is CC[C@H](C)[C@H](NC(=O)[C@H](Cc1c[nH]c2ccccc12)NC(=O)CNC(=O)[C@H](CC(=O)O)NC(=O)[C@H](Cc1c[nH]c2ccccc12)NC(=O)[C@H](CC(=O)O)NC(=O)[C@H](CCC(=O)O)NC(=O)[C@H](Cc1c[nH]c2ccccc12)NC(C)=O)C(N)=O. The number of aliphatic carboxylic acids is 3. The number of carboxylic acid groups (broad SMARTS) is 3. The second-order valence-electron chi connectivity index (χ2n) is 19.9. The molecule has 3 aromatic carbocycles. The number of aromatic amines is 3. The number of rotatable bonds is 31. The van der Waals surface area contributed by atoms with Gasteiger partial charge in [0.15, 0.2) is 0 Å². The Bertz CT molecular complexity index is 3400. The Labute approximate surface area is 473 Å². The van der Waals surface area contributed by atoms with Gasteiger partial charge in [0.1, 0.15) is 42.3 Å². The summed E-state index contributed by atoms with van der Waals surface area (Å²) in [4.78, 5) is 168. The monoisotopic (exact) mass is 1150 g/mol. The number of hydrogen-bond donors (Lipinski definition) is 15. The van der Waals surface area contributed by atoms with Crippen LogP contribution in [0.3, 0.4) is 0 Å². The zero-order chi connectivity index (χ0) is 60.5. The van der Waals surface area contributed by atoms with Gasteiger partial charge in [-0.1, -0.05) is 74.9 Å². The summed E-state index contributed by atoms with van der Waals surface area (Å²) in [5, 5.41) is 50.7. The predicted molar refractivity (Wildman–Crippen MR) is 298 cm³/mol. The zero-order valence-electron chi connectivity index (χ0n) is 45.5. The fraction of sp³-hybridized carbons (Fsp3) is 0.357. The molecule has 16 N–H and O–H groups in total. The molecule has 0 fully saturated rings. The van der Waals surface area contributed by atoms with E-state index in [1.54, 1.807) is 99.0 Å². The van der Waals surface area contributed by atoms with Crippen LogP contribution < -0.4 is 48.3 Å². The van der Waals surface area contributed by atoms with Crippen LogP contribution in [-0.4, -0.2) is 150 Å². The van der Waals surface area contributed by atoms with Crippen molar-refractivity contribution in [2.45, 2.75) is 114 Å². The summed E-state index contributed by atoms with van der Waals surface area (Å²) in [5.74, 6) is -14.0. The minimum Gasteiger partial charge on any atom is -0.481 e. The first-order chi connectivity index (χ1) is 39.5. The zero-order valence-corrected chi connectivity index (χ0v) is 45.5. The van der Waals surface area contributed by atoms with Crippen LogP contribution in [0.15, 0.2) is 91.4 Å². The van der Waals surface area contributed by atoms with Gasteiger partial charge in [0.05, 0.1) is 19.4 Å². The number of amides is 9. The van der Waals surface area contributed by atoms with E-state index >= 15 is 0 Å². The van der Waals surface area contributed by atoms with E-state index in [-0.39, 0.29) is 18.8 Å². The molecule has 0 aliphatic heterocycles. The molecule has 27 nitrogen and oxygen atoms in total. The van der Waals surface area contributed by atoms with Gasteiger partial charge < -0.3 is 78.5 Å². The molecule has 0 unspecified atom stereocenters. The first-order valence-corrected chi connectivity index (χ1v) is 26.5. The molecule has 6 aromatic rings. The van der Waals surface area contributed by atoms with Crippen molar-refractivity contribution in [3.05, 3.63) is 108 Å². The van der Waals surface area contributed by atoms with E-state index in [9.17, 15) is 72.9 Å². The number of carbonyl (C=O) groups is 12. The highest BCUT2D eigenvalue weighted by Gasteiger charge is 2.36. The van der Waals surface area contributed by atoms with Crippen LogP contribution in [0.1, 0.15) is 69.6 Å². The summed E-state index contributed by atoms with van der Waals surface area (Å²) in [6, 6.07) is 9.76. The van der Waals surface area contributed by atoms with Gasteiger partial charge in [-0.05, 0) is 47.2 Å². The van der Waals surface area contributed by atoms with Gasteiger partial charge in [-0.3, -0.25) is 57.5 Å². The van der Waals surface area contributed by atoms with Crippen LogP contribution in [0.25, 0.3) is 32.7 Å². The third-order valence-corrected chi connectivity index (χ3v) is 13.8. The summed E-state index contributed by atoms with van der Waals surface area (Å²) < 4.78 is 0. The third kappa shape index (κ3) is 17.5. The van der Waals surface area contributed by atoms with Crippen molar-refractivity contribution < 1.29 is 72.9 Å². The summed E-state index contributed by atoms with van der Waals surface area (Å²) in [7, 11) is 0. The van der Waals surface area contributed by atoms with Crippen LogP contribution in [0.5, 0.6) is 0 Å². The van der Waals surface area contributed by atoms with Crippen LogP contribution in [-0.2, 0) is 76.8 Å². The largest absolute Gasteiger partial charge is 0.481 e. The van der Waals surface area contributed by atoms with E-state index < -0.39 is 152 Å². The normalized spacial score (nSPS) is 14.1. The van der Waals surface area contributed by atoms with Gasteiger partial charge in [0.2, 0.25) is 53.2 Å². The van der Waals surface area contributed by atoms with Crippen molar-refractivity contribution in [1.82, 2.24) is 57.5 Å². The molecule has 0 radical (unpaired) electrons. The van der Waals surface area contributed by atoms with Crippen molar-refractivity contribution in [3.63, 3.8) is 0 Å². The fourth-order valence-corrected chi connectivity index (χ4v) is 9.35. The Morgan fingerprint density at radius 2 is 0.855 bits per heavy atom. The number of benzene rings is 3. The first-order valence-electron chi connectivity index (χ1n) is 26.5. The highest BCUT2D eigenvalue weighted by molar-refractivity contribution is 6.00. The predicted octanol–water partition coefficient (Wildman–Crippen LogP) is 0.0337. The van der Waals surface area contributed by atoms with Gasteiger partial charge >= 0.3 is 17.9 Å². The molecular weight excluding hydrogens is 1080 g/mol. The number of hydrogen-bond acceptors (Lipinski definition) is 12. The van der Waals surface area contributed by atoms with Gasteiger partial charge in [0, 0.05) is 83.9 Å². The maximum atomic E-state index is 14.4. The number of nitrogens with two attached hydrogens (primary N) is 1. The molecule has 9 amide bonds. The average molecular weight is 1150 g/mol. The van der Waals surface area contributed by atoms with Crippen LogP contribution in [0.4, 0.5) is 0 Å². The molecule has 83 heavy (non-hydrogen) atoms. The average Bonchev–Trinajstić information content (AvgIpc) is 4.41. The highest BCUT2D eigenvalue weighted by atomic mass is 16.4. The number of primary amides is 1. The summed E-state index contributed by atoms with van der Waals surface area (Å²) in [6.45, 7) is 3.78. The molecule has 0 saturated carbocycles. The first kappa shape index (κ1) is 62.1. The lowest BCUT2D eigenvalue weighted by atomic mass is 9.97. The minimum absolute atomic E-state index is 0.0928. The number of carbonyl (C=O) groups excluding carboxylic acids is 9. The fourth-order valence-electron chi connectivity index (χ4n) is 9.35. The van der Waals surface area contributed by atoms with Crippen molar-refractivity contribution in [2.75, 3.05) is 6.54 Å². The molecule has 0 bridgehead atoms. The molecule has 3 aromatic heterocycles. The summed E-state index contributed by atoms with van der Waals surface area (Å²) in [6.07, 6.45) is 1.15. The second-order valence-corrected chi connectivity index (χ2v) is 19.9. The molecule has 0 spiro atoms. The number of H-pyrrole nitrogens is 3. The van der Waals surface area contributed by atoms with Crippen molar-refractivity contribution in [2.24, 2.45) is 11.7 Å². The van der Waals surface area contributed by atoms with E-state index in [0.29, 0.717) is 34.0 Å². The Hall–Kier alpha value is -10.1. The molecule has 0 aliphatic rings. The van der Waals surface area contributed by atoms with E-state index in [2.05, 4.69) is 57.5 Å². The number of aromatic nitrogens is 3. The van der Waals surface area contributed by atoms with Crippen molar-refractivity contribution >= 4 is 104 Å². The lowest BCUT2D eigenvalue weighted by Gasteiger charge is -2.26. The molecule has 8 atom stereocenters. The number of para-hydroxylation sites is 3. The van der Waals surface area contributed by atoms with E-state index in [4.69, 9.17) is 5.73 Å². The molecule has 0 aliphatic carbocycles. The van der Waals surface area contributed by atoms with Crippen molar-refractivity contribution in [3.8, 4) is 0 Å². The van der Waals surface area contributed by atoms with E-state index in [0.717, 1.165) is 28.7 Å². The summed E-state index contributed by atoms with van der Waals surface area (Å²) >= 11 is 0. The molecule has 0 saturated heterocycles. The highest BCUT2D eigenvalue weighted by Crippen LogP contribution is 2.23. The molecular formula is C56H66N12O15. The molecule has 440 valence electrons. The Kier molecular flexibility index (Phi) is 21.6.